The predicted octanol–water partition coefficient (Wildman–Crippen LogP) is 4.63. The smallest absolute Gasteiger partial charge is 0.173 e. The number of hydrogen-bond donors (Lipinski definition) is 1. The molecule has 0 amide bonds. The summed E-state index contributed by atoms with van der Waals surface area (Å²) in [6.45, 7) is 3.57. The minimum Gasteiger partial charge on any atom is -0.497 e. The van der Waals surface area contributed by atoms with Crippen LogP contribution in [-0.2, 0) is 0 Å². The van der Waals surface area contributed by atoms with Crippen molar-refractivity contribution in [3.8, 4) is 5.75 Å². The lowest BCUT2D eigenvalue weighted by Gasteiger charge is -2.37. The molecule has 0 atom stereocenters. The van der Waals surface area contributed by atoms with Gasteiger partial charge in [-0.15, -0.1) is 0 Å². The van der Waals surface area contributed by atoms with E-state index in [1.165, 1.54) is 5.69 Å². The van der Waals surface area contributed by atoms with E-state index in [2.05, 4.69) is 43.2 Å². The van der Waals surface area contributed by atoms with Crippen molar-refractivity contribution in [1.82, 2.24) is 4.90 Å². The Balaban J connectivity index is 1.56. The van der Waals surface area contributed by atoms with Crippen molar-refractivity contribution in [2.45, 2.75) is 0 Å². The molecule has 1 heterocycles. The van der Waals surface area contributed by atoms with E-state index in [4.69, 9.17) is 28.6 Å². The van der Waals surface area contributed by atoms with E-state index in [1.54, 1.807) is 7.11 Å². The first-order chi connectivity index (χ1) is 12.1. The maximum atomic E-state index is 6.25. The number of rotatable bonds is 3. The van der Waals surface area contributed by atoms with Gasteiger partial charge in [-0.2, -0.15) is 0 Å². The molecule has 0 bridgehead atoms. The second-order valence-electron chi connectivity index (χ2n) is 5.73. The number of benzene rings is 2. The van der Waals surface area contributed by atoms with Crippen LogP contribution < -0.4 is 15.0 Å². The van der Waals surface area contributed by atoms with Gasteiger partial charge in [0.05, 0.1) is 17.8 Å². The minimum atomic E-state index is 0.647. The lowest BCUT2D eigenvalue weighted by molar-refractivity contribution is 0.390. The first-order valence-corrected chi connectivity index (χ1v) is 9.55. The van der Waals surface area contributed by atoms with Crippen LogP contribution in [0.4, 0.5) is 11.4 Å². The molecule has 2 aromatic carbocycles. The average molecular weight is 441 g/mol. The number of nitrogens with one attached hydrogen (secondary N) is 1. The van der Waals surface area contributed by atoms with Crippen LogP contribution in [0.25, 0.3) is 0 Å². The Morgan fingerprint density at radius 2 is 1.80 bits per heavy atom. The summed E-state index contributed by atoms with van der Waals surface area (Å²) >= 11 is 15.2. The molecule has 4 nitrogen and oxygen atoms in total. The van der Waals surface area contributed by atoms with E-state index in [-0.39, 0.29) is 0 Å². The number of hydrogen-bond acceptors (Lipinski definition) is 3. The van der Waals surface area contributed by atoms with Gasteiger partial charge in [-0.1, -0.05) is 27.5 Å². The van der Waals surface area contributed by atoms with Gasteiger partial charge in [0.15, 0.2) is 5.11 Å². The van der Waals surface area contributed by atoms with Crippen LogP contribution in [0.15, 0.2) is 46.9 Å². The maximum Gasteiger partial charge on any atom is 0.173 e. The molecule has 1 aliphatic rings. The number of ether oxygens (including phenoxy) is 1. The van der Waals surface area contributed by atoms with Gasteiger partial charge < -0.3 is 19.9 Å². The monoisotopic (exact) mass is 439 g/mol. The predicted molar refractivity (Wildman–Crippen MR) is 112 cm³/mol. The second kappa shape index (κ2) is 8.25. The van der Waals surface area contributed by atoms with Gasteiger partial charge in [-0.3, -0.25) is 0 Å². The van der Waals surface area contributed by atoms with Gasteiger partial charge in [0, 0.05) is 36.3 Å². The zero-order chi connectivity index (χ0) is 17.8. The molecule has 0 saturated carbocycles. The molecule has 0 aliphatic carbocycles. The van der Waals surface area contributed by atoms with Crippen molar-refractivity contribution in [1.29, 1.82) is 0 Å². The summed E-state index contributed by atoms with van der Waals surface area (Å²) < 4.78 is 6.16. The highest BCUT2D eigenvalue weighted by molar-refractivity contribution is 9.10. The standard InChI is InChI=1S/C18H19BrClN3OS/c1-24-15-5-3-14(4-6-15)22-8-10-23(11-9-22)18(25)21-17-7-2-13(19)12-16(17)20/h2-7,12H,8-11H2,1H3,(H,21,25). The van der Waals surface area contributed by atoms with Crippen molar-refractivity contribution >= 4 is 56.2 Å². The third kappa shape index (κ3) is 4.57. The normalized spacial score (nSPS) is 14.4. The molecule has 0 unspecified atom stereocenters. The van der Waals surface area contributed by atoms with Crippen LogP contribution in [0.3, 0.4) is 0 Å². The quantitative estimate of drug-likeness (QED) is 0.703. The molecule has 7 heteroatoms. The maximum absolute atomic E-state index is 6.25. The van der Waals surface area contributed by atoms with Gasteiger partial charge in [-0.25, -0.2) is 0 Å². The van der Waals surface area contributed by atoms with Crippen molar-refractivity contribution in [2.75, 3.05) is 43.5 Å². The molecule has 0 radical (unpaired) electrons. The fraction of sp³-hybridized carbons (Fsp3) is 0.278. The average Bonchev–Trinajstić information content (AvgIpc) is 2.64. The van der Waals surface area contributed by atoms with Crippen LogP contribution in [0, 0.1) is 0 Å². The van der Waals surface area contributed by atoms with Crippen LogP contribution in [0.2, 0.25) is 5.02 Å². The number of nitrogens with zero attached hydrogens (tertiary/aromatic N) is 2. The summed E-state index contributed by atoms with van der Waals surface area (Å²) in [5, 5.41) is 4.60. The highest BCUT2D eigenvalue weighted by atomic mass is 79.9. The van der Waals surface area contributed by atoms with Crippen LogP contribution in [0.1, 0.15) is 0 Å². The second-order valence-corrected chi connectivity index (χ2v) is 7.44. The Bertz CT molecular complexity index is 748. The molecule has 1 fully saturated rings. The van der Waals surface area contributed by atoms with Gasteiger partial charge >= 0.3 is 0 Å². The molecule has 132 valence electrons. The fourth-order valence-corrected chi connectivity index (χ4v) is 3.76. The Morgan fingerprint density at radius 3 is 2.40 bits per heavy atom. The van der Waals surface area contributed by atoms with E-state index in [0.717, 1.165) is 42.1 Å². The summed E-state index contributed by atoms with van der Waals surface area (Å²) in [5.74, 6) is 0.874. The van der Waals surface area contributed by atoms with E-state index in [1.807, 2.05) is 30.3 Å². The van der Waals surface area contributed by atoms with Crippen LogP contribution in [0.5, 0.6) is 5.75 Å². The van der Waals surface area contributed by atoms with E-state index in [9.17, 15) is 0 Å². The van der Waals surface area contributed by atoms with E-state index < -0.39 is 0 Å². The van der Waals surface area contributed by atoms with Crippen LogP contribution >= 0.6 is 39.7 Å². The van der Waals surface area contributed by atoms with Crippen molar-refractivity contribution in [2.24, 2.45) is 0 Å². The Labute approximate surface area is 166 Å². The molecule has 0 aromatic heterocycles. The fourth-order valence-electron chi connectivity index (χ4n) is 2.75. The van der Waals surface area contributed by atoms with Gasteiger partial charge in [0.2, 0.25) is 0 Å². The third-order valence-corrected chi connectivity index (χ3v) is 5.34. The largest absolute Gasteiger partial charge is 0.497 e. The topological polar surface area (TPSA) is 27.7 Å². The molecule has 3 rings (SSSR count). The van der Waals surface area contributed by atoms with Crippen LogP contribution in [-0.4, -0.2) is 43.3 Å². The molecule has 1 N–H and O–H groups in total. The van der Waals surface area contributed by atoms with Crippen molar-refractivity contribution < 1.29 is 4.74 Å². The summed E-state index contributed by atoms with van der Waals surface area (Å²) in [7, 11) is 1.68. The van der Waals surface area contributed by atoms with Gasteiger partial charge in [0.1, 0.15) is 5.75 Å². The summed E-state index contributed by atoms with van der Waals surface area (Å²) in [6, 6.07) is 13.9. The Kier molecular flexibility index (Phi) is 6.04. The lowest BCUT2D eigenvalue weighted by atomic mass is 10.2. The lowest BCUT2D eigenvalue weighted by Crippen LogP contribution is -2.50. The molecular formula is C18H19BrClN3OS. The Morgan fingerprint density at radius 1 is 1.12 bits per heavy atom. The highest BCUT2D eigenvalue weighted by Crippen LogP contribution is 2.26. The number of anilines is 2. The molecule has 1 aliphatic heterocycles. The van der Waals surface area contributed by atoms with Gasteiger partial charge in [0.25, 0.3) is 0 Å². The third-order valence-electron chi connectivity index (χ3n) is 4.18. The summed E-state index contributed by atoms with van der Waals surface area (Å²) in [4.78, 5) is 4.53. The molecule has 25 heavy (non-hydrogen) atoms. The number of piperazine rings is 1. The van der Waals surface area contributed by atoms with Crippen molar-refractivity contribution in [3.63, 3.8) is 0 Å². The number of methoxy groups -OCH3 is 1. The first kappa shape index (κ1) is 18.3. The molecular weight excluding hydrogens is 422 g/mol. The van der Waals surface area contributed by atoms with E-state index >= 15 is 0 Å². The van der Waals surface area contributed by atoms with Gasteiger partial charge in [-0.05, 0) is 54.7 Å². The minimum absolute atomic E-state index is 0.647. The number of thiocarbonyl (C=S) groups is 1. The number of halogens is 2. The summed E-state index contributed by atoms with van der Waals surface area (Å²) in [6.07, 6.45) is 0. The zero-order valence-corrected chi connectivity index (χ0v) is 17.0. The summed E-state index contributed by atoms with van der Waals surface area (Å²) in [5.41, 5.74) is 2.03. The highest BCUT2D eigenvalue weighted by Gasteiger charge is 2.19. The molecule has 2 aromatic rings. The molecule has 1 saturated heterocycles. The first-order valence-electron chi connectivity index (χ1n) is 7.97. The zero-order valence-electron chi connectivity index (χ0n) is 13.8. The molecule has 0 spiro atoms. The Hall–Kier alpha value is -1.50. The SMILES string of the molecule is COc1ccc(N2CCN(C(=S)Nc3ccc(Br)cc3Cl)CC2)cc1. The van der Waals surface area contributed by atoms with Crippen molar-refractivity contribution in [3.05, 3.63) is 52.0 Å². The van der Waals surface area contributed by atoms with E-state index in [0.29, 0.717) is 10.1 Å².